The molecule has 0 atom stereocenters. The zero-order valence-corrected chi connectivity index (χ0v) is 15.9. The van der Waals surface area contributed by atoms with Crippen molar-refractivity contribution in [1.29, 1.82) is 0 Å². The minimum atomic E-state index is -0.156. The maximum absolute atomic E-state index is 12.5. The highest BCUT2D eigenvalue weighted by molar-refractivity contribution is 6.30. The largest absolute Gasteiger partial charge is 0.368 e. The lowest BCUT2D eigenvalue weighted by Crippen LogP contribution is -2.50. The Morgan fingerprint density at radius 1 is 1.07 bits per heavy atom. The van der Waals surface area contributed by atoms with Gasteiger partial charge < -0.3 is 15.1 Å². The van der Waals surface area contributed by atoms with Crippen LogP contribution in [0.2, 0.25) is 5.02 Å². The number of benzene rings is 1. The maximum Gasteiger partial charge on any atom is 0.274 e. The van der Waals surface area contributed by atoms with Crippen LogP contribution < -0.4 is 5.32 Å². The Balaban J connectivity index is 1.49. The molecular formula is C19H22ClN5O2. The molecule has 2 heterocycles. The number of nitrogens with one attached hydrogen (secondary N) is 1. The molecule has 142 valence electrons. The Labute approximate surface area is 163 Å². The van der Waals surface area contributed by atoms with Crippen molar-refractivity contribution in [3.8, 4) is 0 Å². The van der Waals surface area contributed by atoms with E-state index in [1.54, 1.807) is 28.9 Å². The van der Waals surface area contributed by atoms with Crippen LogP contribution in [0.5, 0.6) is 0 Å². The molecule has 0 unspecified atom stereocenters. The number of amides is 2. The van der Waals surface area contributed by atoms with Gasteiger partial charge in [-0.3, -0.25) is 9.59 Å². The summed E-state index contributed by atoms with van der Waals surface area (Å²) in [5, 5.41) is 12.0. The van der Waals surface area contributed by atoms with Crippen LogP contribution in [-0.2, 0) is 11.2 Å². The first-order valence-corrected chi connectivity index (χ1v) is 9.27. The van der Waals surface area contributed by atoms with Crippen LogP contribution in [0.1, 0.15) is 23.0 Å². The van der Waals surface area contributed by atoms with E-state index in [0.717, 1.165) is 17.0 Å². The third kappa shape index (κ3) is 5.17. The first-order chi connectivity index (χ1) is 13.0. The monoisotopic (exact) mass is 387 g/mol. The fraction of sp³-hybridized carbons (Fsp3) is 0.368. The SMILES string of the molecule is CC(=O)N1CCN(C(=O)c2ccc(NCCc3cccc(Cl)c3)nn2)CC1. The van der Waals surface area contributed by atoms with Crippen molar-refractivity contribution in [3.63, 3.8) is 0 Å². The maximum atomic E-state index is 12.5. The molecule has 0 radical (unpaired) electrons. The van der Waals surface area contributed by atoms with Gasteiger partial charge in [0, 0.05) is 44.7 Å². The summed E-state index contributed by atoms with van der Waals surface area (Å²) in [7, 11) is 0. The second kappa shape index (κ2) is 8.81. The molecule has 3 rings (SSSR count). The summed E-state index contributed by atoms with van der Waals surface area (Å²) < 4.78 is 0. The van der Waals surface area contributed by atoms with E-state index < -0.39 is 0 Å². The standard InChI is InChI=1S/C19H22ClN5O2/c1-14(26)24-9-11-25(12-10-24)19(27)17-5-6-18(23-22-17)21-8-7-15-3-2-4-16(20)13-15/h2-6,13H,7-12H2,1H3,(H,21,23). The average molecular weight is 388 g/mol. The molecule has 7 nitrogen and oxygen atoms in total. The molecule has 1 aliphatic rings. The predicted octanol–water partition coefficient (Wildman–Crippen LogP) is 2.09. The van der Waals surface area contributed by atoms with Crippen molar-refractivity contribution in [2.24, 2.45) is 0 Å². The summed E-state index contributed by atoms with van der Waals surface area (Å²) >= 11 is 5.98. The van der Waals surface area contributed by atoms with Gasteiger partial charge in [0.25, 0.3) is 5.91 Å². The number of carbonyl (C=O) groups is 2. The number of anilines is 1. The van der Waals surface area contributed by atoms with Gasteiger partial charge in [0.15, 0.2) is 5.69 Å². The number of piperazine rings is 1. The van der Waals surface area contributed by atoms with Crippen molar-refractivity contribution >= 4 is 29.2 Å². The van der Waals surface area contributed by atoms with E-state index in [4.69, 9.17) is 11.6 Å². The third-order valence-corrected chi connectivity index (χ3v) is 4.74. The molecule has 27 heavy (non-hydrogen) atoms. The Morgan fingerprint density at radius 2 is 1.81 bits per heavy atom. The average Bonchev–Trinajstić information content (AvgIpc) is 2.68. The van der Waals surface area contributed by atoms with E-state index in [9.17, 15) is 9.59 Å². The summed E-state index contributed by atoms with van der Waals surface area (Å²) in [4.78, 5) is 27.3. The van der Waals surface area contributed by atoms with Crippen molar-refractivity contribution < 1.29 is 9.59 Å². The summed E-state index contributed by atoms with van der Waals surface area (Å²) in [6.45, 7) is 4.37. The van der Waals surface area contributed by atoms with Gasteiger partial charge in [0.1, 0.15) is 5.82 Å². The predicted molar refractivity (Wildman–Crippen MR) is 104 cm³/mol. The number of nitrogens with zero attached hydrogens (tertiary/aromatic N) is 4. The van der Waals surface area contributed by atoms with E-state index in [1.165, 1.54) is 0 Å². The minimum absolute atomic E-state index is 0.0371. The lowest BCUT2D eigenvalue weighted by Gasteiger charge is -2.33. The number of hydrogen-bond donors (Lipinski definition) is 1. The smallest absolute Gasteiger partial charge is 0.274 e. The lowest BCUT2D eigenvalue weighted by molar-refractivity contribution is -0.130. The molecule has 8 heteroatoms. The summed E-state index contributed by atoms with van der Waals surface area (Å²) in [6.07, 6.45) is 0.809. The van der Waals surface area contributed by atoms with Crippen LogP contribution in [0.15, 0.2) is 36.4 Å². The number of hydrogen-bond acceptors (Lipinski definition) is 5. The highest BCUT2D eigenvalue weighted by atomic mass is 35.5. The topological polar surface area (TPSA) is 78.4 Å². The van der Waals surface area contributed by atoms with Crippen LogP contribution in [-0.4, -0.2) is 64.5 Å². The first kappa shape index (κ1) is 19.1. The molecule has 1 fully saturated rings. The highest BCUT2D eigenvalue weighted by Gasteiger charge is 2.24. The minimum Gasteiger partial charge on any atom is -0.368 e. The van der Waals surface area contributed by atoms with Crippen LogP contribution in [0, 0.1) is 0 Å². The summed E-state index contributed by atoms with van der Waals surface area (Å²) in [6, 6.07) is 11.2. The van der Waals surface area contributed by atoms with Gasteiger partial charge in [-0.05, 0) is 36.2 Å². The summed E-state index contributed by atoms with van der Waals surface area (Å²) in [5.74, 6) is 0.501. The quantitative estimate of drug-likeness (QED) is 0.849. The number of carbonyl (C=O) groups excluding carboxylic acids is 2. The van der Waals surface area contributed by atoms with Gasteiger partial charge in [-0.2, -0.15) is 0 Å². The fourth-order valence-corrected chi connectivity index (χ4v) is 3.17. The molecular weight excluding hydrogens is 366 g/mol. The first-order valence-electron chi connectivity index (χ1n) is 8.90. The van der Waals surface area contributed by atoms with Gasteiger partial charge in [0.05, 0.1) is 0 Å². The van der Waals surface area contributed by atoms with Gasteiger partial charge in [-0.25, -0.2) is 0 Å². The van der Waals surface area contributed by atoms with E-state index in [2.05, 4.69) is 15.5 Å². The van der Waals surface area contributed by atoms with E-state index in [1.807, 2.05) is 24.3 Å². The Morgan fingerprint density at radius 3 is 2.44 bits per heavy atom. The number of aromatic nitrogens is 2. The van der Waals surface area contributed by atoms with E-state index >= 15 is 0 Å². The molecule has 1 saturated heterocycles. The number of halogens is 1. The molecule has 2 aromatic rings. The van der Waals surface area contributed by atoms with Gasteiger partial charge in [-0.1, -0.05) is 23.7 Å². The zero-order chi connectivity index (χ0) is 19.2. The van der Waals surface area contributed by atoms with Crippen molar-refractivity contribution in [2.45, 2.75) is 13.3 Å². The van der Waals surface area contributed by atoms with Crippen molar-refractivity contribution in [1.82, 2.24) is 20.0 Å². The molecule has 0 spiro atoms. The third-order valence-electron chi connectivity index (χ3n) is 4.50. The molecule has 0 aliphatic carbocycles. The zero-order valence-electron chi connectivity index (χ0n) is 15.2. The normalized spacial score (nSPS) is 14.1. The second-order valence-electron chi connectivity index (χ2n) is 6.41. The molecule has 0 saturated carbocycles. The van der Waals surface area contributed by atoms with Gasteiger partial charge in [-0.15, -0.1) is 10.2 Å². The Bertz CT molecular complexity index is 804. The van der Waals surface area contributed by atoms with Crippen LogP contribution in [0.25, 0.3) is 0 Å². The van der Waals surface area contributed by atoms with Crippen LogP contribution in [0.3, 0.4) is 0 Å². The second-order valence-corrected chi connectivity index (χ2v) is 6.85. The van der Waals surface area contributed by atoms with E-state index in [-0.39, 0.29) is 11.8 Å². The van der Waals surface area contributed by atoms with Crippen molar-refractivity contribution in [2.75, 3.05) is 38.0 Å². The number of rotatable bonds is 5. The highest BCUT2D eigenvalue weighted by Crippen LogP contribution is 2.12. The molecule has 0 bridgehead atoms. The van der Waals surface area contributed by atoms with Gasteiger partial charge in [0.2, 0.25) is 5.91 Å². The van der Waals surface area contributed by atoms with E-state index in [0.29, 0.717) is 44.2 Å². The Kier molecular flexibility index (Phi) is 6.24. The van der Waals surface area contributed by atoms with Gasteiger partial charge >= 0.3 is 0 Å². The van der Waals surface area contributed by atoms with Crippen molar-refractivity contribution in [3.05, 3.63) is 52.7 Å². The molecule has 1 aliphatic heterocycles. The molecule has 1 aromatic carbocycles. The Hall–Kier alpha value is -2.67. The lowest BCUT2D eigenvalue weighted by atomic mass is 10.1. The molecule has 1 aromatic heterocycles. The molecule has 1 N–H and O–H groups in total. The summed E-state index contributed by atoms with van der Waals surface area (Å²) in [5.41, 5.74) is 1.45. The van der Waals surface area contributed by atoms with Crippen LogP contribution in [0.4, 0.5) is 5.82 Å². The van der Waals surface area contributed by atoms with Crippen LogP contribution >= 0.6 is 11.6 Å². The fourth-order valence-electron chi connectivity index (χ4n) is 2.95. The molecule has 2 amide bonds.